The Hall–Kier alpha value is -0.960. The van der Waals surface area contributed by atoms with Gasteiger partial charge in [0.2, 0.25) is 0 Å². The molecule has 96 valence electrons. The lowest BCUT2D eigenvalue weighted by molar-refractivity contribution is 0.547. The average molecular weight is 259 g/mol. The maximum absolute atomic E-state index is 13.5. The molecule has 0 spiro atoms. The standard InChI is InChI=1S/C13H20ClFN2/c1-4-9(3)8-17(5-2)13-7-11(15)10(14)6-12(13)16/h6-7,9H,4-5,8,16H2,1-3H3. The van der Waals surface area contributed by atoms with Crippen LogP contribution in [0.4, 0.5) is 15.8 Å². The number of nitrogens with two attached hydrogens (primary N) is 1. The molecule has 1 aromatic carbocycles. The zero-order chi connectivity index (χ0) is 13.0. The Labute approximate surface area is 108 Å². The highest BCUT2D eigenvalue weighted by Crippen LogP contribution is 2.29. The van der Waals surface area contributed by atoms with E-state index >= 15 is 0 Å². The Morgan fingerprint density at radius 3 is 2.59 bits per heavy atom. The summed E-state index contributed by atoms with van der Waals surface area (Å²) < 4.78 is 13.5. The smallest absolute Gasteiger partial charge is 0.144 e. The molecular formula is C13H20ClFN2. The molecule has 0 amide bonds. The third-order valence-electron chi connectivity index (χ3n) is 3.02. The number of nitrogens with zero attached hydrogens (tertiary/aromatic N) is 1. The fourth-order valence-electron chi connectivity index (χ4n) is 1.73. The van der Waals surface area contributed by atoms with E-state index in [1.165, 1.54) is 12.1 Å². The SMILES string of the molecule is CCC(C)CN(CC)c1cc(F)c(Cl)cc1N. The van der Waals surface area contributed by atoms with Crippen molar-refractivity contribution >= 4 is 23.0 Å². The second kappa shape index (κ2) is 6.10. The Balaban J connectivity index is 2.99. The van der Waals surface area contributed by atoms with Crippen molar-refractivity contribution in [3.8, 4) is 0 Å². The van der Waals surface area contributed by atoms with Gasteiger partial charge in [-0.1, -0.05) is 31.9 Å². The fourth-order valence-corrected chi connectivity index (χ4v) is 1.90. The molecule has 0 radical (unpaired) electrons. The van der Waals surface area contributed by atoms with Gasteiger partial charge in [0.1, 0.15) is 5.82 Å². The number of rotatable bonds is 5. The van der Waals surface area contributed by atoms with Crippen LogP contribution in [0, 0.1) is 11.7 Å². The molecule has 0 fully saturated rings. The number of halogens is 2. The minimum absolute atomic E-state index is 0.0749. The van der Waals surface area contributed by atoms with Crippen molar-refractivity contribution in [3.05, 3.63) is 23.0 Å². The van der Waals surface area contributed by atoms with E-state index < -0.39 is 5.82 Å². The molecule has 0 saturated heterocycles. The van der Waals surface area contributed by atoms with E-state index in [0.29, 0.717) is 11.6 Å². The molecular weight excluding hydrogens is 239 g/mol. The van der Waals surface area contributed by atoms with Crippen LogP contribution in [-0.2, 0) is 0 Å². The quantitative estimate of drug-likeness (QED) is 0.811. The van der Waals surface area contributed by atoms with Gasteiger partial charge in [0.05, 0.1) is 16.4 Å². The average Bonchev–Trinajstić information content (AvgIpc) is 2.30. The van der Waals surface area contributed by atoms with Crippen LogP contribution in [0.1, 0.15) is 27.2 Å². The Morgan fingerprint density at radius 2 is 2.06 bits per heavy atom. The molecule has 0 bridgehead atoms. The molecule has 2 N–H and O–H groups in total. The lowest BCUT2D eigenvalue weighted by Crippen LogP contribution is -2.28. The van der Waals surface area contributed by atoms with Gasteiger partial charge in [-0.15, -0.1) is 0 Å². The zero-order valence-corrected chi connectivity index (χ0v) is 11.4. The number of hydrogen-bond acceptors (Lipinski definition) is 2. The predicted octanol–water partition coefficient (Wildman–Crippen LogP) is 3.93. The molecule has 1 unspecified atom stereocenters. The monoisotopic (exact) mass is 258 g/mol. The van der Waals surface area contributed by atoms with Gasteiger partial charge in [-0.25, -0.2) is 4.39 Å². The van der Waals surface area contributed by atoms with E-state index in [4.69, 9.17) is 17.3 Å². The molecule has 17 heavy (non-hydrogen) atoms. The summed E-state index contributed by atoms with van der Waals surface area (Å²) in [5.74, 6) is 0.131. The van der Waals surface area contributed by atoms with E-state index in [0.717, 1.165) is 25.2 Å². The topological polar surface area (TPSA) is 29.3 Å². The summed E-state index contributed by atoms with van der Waals surface area (Å²) in [4.78, 5) is 2.09. The molecule has 1 atom stereocenters. The zero-order valence-electron chi connectivity index (χ0n) is 10.6. The molecule has 2 nitrogen and oxygen atoms in total. The second-order valence-electron chi connectivity index (χ2n) is 4.38. The molecule has 0 saturated carbocycles. The highest BCUT2D eigenvalue weighted by molar-refractivity contribution is 6.31. The van der Waals surface area contributed by atoms with Crippen LogP contribution in [0.2, 0.25) is 5.02 Å². The molecule has 0 aromatic heterocycles. The van der Waals surface area contributed by atoms with Crippen LogP contribution in [0.15, 0.2) is 12.1 Å². The molecule has 1 rings (SSSR count). The van der Waals surface area contributed by atoms with Crippen LogP contribution in [-0.4, -0.2) is 13.1 Å². The number of nitrogen functional groups attached to an aromatic ring is 1. The maximum atomic E-state index is 13.5. The fraction of sp³-hybridized carbons (Fsp3) is 0.538. The van der Waals surface area contributed by atoms with Gasteiger partial charge in [0.25, 0.3) is 0 Å². The van der Waals surface area contributed by atoms with Crippen LogP contribution in [0.25, 0.3) is 0 Å². The van der Waals surface area contributed by atoms with Crippen LogP contribution in [0.5, 0.6) is 0 Å². The van der Waals surface area contributed by atoms with Crippen LogP contribution >= 0.6 is 11.6 Å². The number of anilines is 2. The minimum Gasteiger partial charge on any atom is -0.397 e. The van der Waals surface area contributed by atoms with E-state index in [-0.39, 0.29) is 5.02 Å². The van der Waals surface area contributed by atoms with Gasteiger partial charge >= 0.3 is 0 Å². The van der Waals surface area contributed by atoms with Gasteiger partial charge in [-0.2, -0.15) is 0 Å². The Bertz CT molecular complexity index is 382. The van der Waals surface area contributed by atoms with E-state index in [1.54, 1.807) is 0 Å². The van der Waals surface area contributed by atoms with Crippen molar-refractivity contribution in [1.29, 1.82) is 0 Å². The van der Waals surface area contributed by atoms with E-state index in [1.807, 2.05) is 6.92 Å². The summed E-state index contributed by atoms with van der Waals surface area (Å²) in [6.45, 7) is 8.03. The molecule has 0 aliphatic carbocycles. The summed E-state index contributed by atoms with van der Waals surface area (Å²) in [5, 5.41) is 0.0749. The van der Waals surface area contributed by atoms with Crippen molar-refractivity contribution in [2.75, 3.05) is 23.7 Å². The maximum Gasteiger partial charge on any atom is 0.144 e. The highest BCUT2D eigenvalue weighted by Gasteiger charge is 2.14. The highest BCUT2D eigenvalue weighted by atomic mass is 35.5. The minimum atomic E-state index is -0.418. The molecule has 0 aliphatic rings. The summed E-state index contributed by atoms with van der Waals surface area (Å²) in [7, 11) is 0. The Morgan fingerprint density at radius 1 is 1.41 bits per heavy atom. The first-order chi connectivity index (χ1) is 7.99. The third-order valence-corrected chi connectivity index (χ3v) is 3.31. The molecule has 0 aliphatic heterocycles. The summed E-state index contributed by atoms with van der Waals surface area (Å²) in [6, 6.07) is 2.90. The van der Waals surface area contributed by atoms with Gasteiger partial charge in [0.15, 0.2) is 0 Å². The van der Waals surface area contributed by atoms with Crippen molar-refractivity contribution in [3.63, 3.8) is 0 Å². The molecule has 1 aromatic rings. The van der Waals surface area contributed by atoms with Gasteiger partial charge in [0, 0.05) is 19.2 Å². The van der Waals surface area contributed by atoms with Gasteiger partial charge < -0.3 is 10.6 Å². The first kappa shape index (κ1) is 14.1. The first-order valence-corrected chi connectivity index (χ1v) is 6.36. The largest absolute Gasteiger partial charge is 0.397 e. The van der Waals surface area contributed by atoms with Crippen LogP contribution < -0.4 is 10.6 Å². The third kappa shape index (κ3) is 3.50. The van der Waals surface area contributed by atoms with E-state index in [9.17, 15) is 4.39 Å². The second-order valence-corrected chi connectivity index (χ2v) is 4.78. The predicted molar refractivity (Wildman–Crippen MR) is 73.2 cm³/mol. The Kier molecular flexibility index (Phi) is 5.06. The van der Waals surface area contributed by atoms with Crippen molar-refractivity contribution < 1.29 is 4.39 Å². The van der Waals surface area contributed by atoms with Gasteiger partial charge in [-0.3, -0.25) is 0 Å². The summed E-state index contributed by atoms with van der Waals surface area (Å²) >= 11 is 5.69. The van der Waals surface area contributed by atoms with Crippen molar-refractivity contribution in [1.82, 2.24) is 0 Å². The summed E-state index contributed by atoms with van der Waals surface area (Å²) in [6.07, 6.45) is 1.09. The van der Waals surface area contributed by atoms with Gasteiger partial charge in [-0.05, 0) is 18.9 Å². The molecule has 4 heteroatoms. The lowest BCUT2D eigenvalue weighted by atomic mass is 10.1. The van der Waals surface area contributed by atoms with Crippen molar-refractivity contribution in [2.45, 2.75) is 27.2 Å². The number of hydrogen-bond donors (Lipinski definition) is 1. The molecule has 0 heterocycles. The van der Waals surface area contributed by atoms with Crippen LogP contribution in [0.3, 0.4) is 0 Å². The first-order valence-electron chi connectivity index (χ1n) is 5.99. The number of benzene rings is 1. The normalized spacial score (nSPS) is 12.5. The van der Waals surface area contributed by atoms with E-state index in [2.05, 4.69) is 18.7 Å². The van der Waals surface area contributed by atoms with Crippen molar-refractivity contribution in [2.24, 2.45) is 5.92 Å². The summed E-state index contributed by atoms with van der Waals surface area (Å²) in [5.41, 5.74) is 7.15. The lowest BCUT2D eigenvalue weighted by Gasteiger charge is -2.27.